The van der Waals surface area contributed by atoms with Gasteiger partial charge in [-0.2, -0.15) is 0 Å². The molecule has 1 unspecified atom stereocenters. The van der Waals surface area contributed by atoms with Crippen LogP contribution in [0.3, 0.4) is 0 Å². The van der Waals surface area contributed by atoms with Crippen LogP contribution in [0.2, 0.25) is 0 Å². The second-order valence-corrected chi connectivity index (χ2v) is 7.72. The van der Waals surface area contributed by atoms with E-state index >= 15 is 0 Å². The molecule has 1 saturated heterocycles. The number of hydrogen-bond acceptors (Lipinski definition) is 8. The predicted molar refractivity (Wildman–Crippen MR) is 109 cm³/mol. The van der Waals surface area contributed by atoms with E-state index in [1.54, 1.807) is 6.07 Å². The van der Waals surface area contributed by atoms with Gasteiger partial charge in [-0.1, -0.05) is 17.4 Å². The molecule has 4 rings (SSSR count). The molecule has 0 radical (unpaired) electrons. The molecule has 0 spiro atoms. The van der Waals surface area contributed by atoms with Crippen LogP contribution < -0.4 is 16.0 Å². The van der Waals surface area contributed by atoms with E-state index in [-0.39, 0.29) is 40.9 Å². The summed E-state index contributed by atoms with van der Waals surface area (Å²) in [6.07, 6.45) is -0.0422. The molecule has 1 aliphatic rings. The molecule has 12 heteroatoms. The molecule has 1 aromatic carbocycles. The van der Waals surface area contributed by atoms with Gasteiger partial charge in [-0.05, 0) is 18.2 Å². The van der Waals surface area contributed by atoms with Crippen LogP contribution in [-0.4, -0.2) is 46.4 Å². The van der Waals surface area contributed by atoms with E-state index in [0.29, 0.717) is 10.7 Å². The largest absolute Gasteiger partial charge is 0.442 e. The first-order valence-electron chi connectivity index (χ1n) is 9.09. The van der Waals surface area contributed by atoms with Crippen LogP contribution in [0.5, 0.6) is 0 Å². The summed E-state index contributed by atoms with van der Waals surface area (Å²) in [6.45, 7) is 1.50. The second-order valence-electron chi connectivity index (χ2n) is 6.72. The molecule has 3 aromatic rings. The van der Waals surface area contributed by atoms with Gasteiger partial charge in [-0.25, -0.2) is 13.6 Å². The van der Waals surface area contributed by atoms with E-state index in [4.69, 9.17) is 10.5 Å². The van der Waals surface area contributed by atoms with Crippen molar-refractivity contribution in [1.82, 2.24) is 20.5 Å². The molecule has 160 valence electrons. The van der Waals surface area contributed by atoms with Gasteiger partial charge in [0.15, 0.2) is 5.01 Å². The number of carbonyl (C=O) groups excluding carboxylic acids is 2. The Balaban J connectivity index is 1.56. The van der Waals surface area contributed by atoms with Crippen molar-refractivity contribution in [2.24, 2.45) is 0 Å². The second kappa shape index (κ2) is 8.22. The minimum atomic E-state index is -0.858. The summed E-state index contributed by atoms with van der Waals surface area (Å²) in [7, 11) is 0. The fourth-order valence-corrected chi connectivity index (χ4v) is 3.68. The number of nitrogens with one attached hydrogen (secondary N) is 1. The third-order valence-electron chi connectivity index (χ3n) is 4.50. The fraction of sp³-hybridized carbons (Fsp3) is 0.211. The maximum absolute atomic E-state index is 14.8. The third kappa shape index (κ3) is 4.28. The minimum absolute atomic E-state index is 0.0167. The zero-order valence-corrected chi connectivity index (χ0v) is 16.9. The van der Waals surface area contributed by atoms with E-state index in [2.05, 4.69) is 20.5 Å². The molecule has 2 aromatic heterocycles. The van der Waals surface area contributed by atoms with Gasteiger partial charge >= 0.3 is 6.09 Å². The lowest BCUT2D eigenvalue weighted by Gasteiger charge is -2.15. The van der Waals surface area contributed by atoms with Gasteiger partial charge in [-0.15, -0.1) is 10.2 Å². The van der Waals surface area contributed by atoms with Gasteiger partial charge in [0.05, 0.1) is 24.3 Å². The number of nitrogen functional groups attached to an aromatic ring is 1. The lowest BCUT2D eigenvalue weighted by Crippen LogP contribution is -2.33. The SMILES string of the molecule is CC(=O)NCC1CN(c2cc(F)c(-c3ccc(-c4nnc(N)s4)nc3)c(F)c2)C(=O)O1. The van der Waals surface area contributed by atoms with Crippen LogP contribution in [0.1, 0.15) is 6.92 Å². The summed E-state index contributed by atoms with van der Waals surface area (Å²) in [6, 6.07) is 5.18. The Morgan fingerprint density at radius 1 is 1.32 bits per heavy atom. The van der Waals surface area contributed by atoms with E-state index in [9.17, 15) is 18.4 Å². The summed E-state index contributed by atoms with van der Waals surface area (Å²) >= 11 is 1.14. The Bertz CT molecular complexity index is 1130. The fourth-order valence-electron chi connectivity index (χ4n) is 3.09. The number of halogens is 2. The molecule has 9 nitrogen and oxygen atoms in total. The molecule has 1 atom stereocenters. The van der Waals surface area contributed by atoms with Crippen molar-refractivity contribution >= 4 is 34.2 Å². The maximum Gasteiger partial charge on any atom is 0.414 e. The number of rotatable bonds is 5. The highest BCUT2D eigenvalue weighted by molar-refractivity contribution is 7.18. The van der Waals surface area contributed by atoms with E-state index in [1.165, 1.54) is 19.2 Å². The van der Waals surface area contributed by atoms with Crippen LogP contribution in [0.25, 0.3) is 21.8 Å². The third-order valence-corrected chi connectivity index (χ3v) is 5.28. The number of nitrogens with zero attached hydrogens (tertiary/aromatic N) is 4. The first kappa shape index (κ1) is 20.6. The molecular formula is C19H16F2N6O3S. The van der Waals surface area contributed by atoms with Crippen LogP contribution in [0.15, 0.2) is 30.5 Å². The van der Waals surface area contributed by atoms with E-state index in [1.807, 2.05) is 0 Å². The van der Waals surface area contributed by atoms with Crippen LogP contribution >= 0.6 is 11.3 Å². The number of benzene rings is 1. The predicted octanol–water partition coefficient (Wildman–Crippen LogP) is 2.59. The average molecular weight is 446 g/mol. The van der Waals surface area contributed by atoms with Gasteiger partial charge < -0.3 is 15.8 Å². The summed E-state index contributed by atoms with van der Waals surface area (Å²) in [5.74, 6) is -1.99. The monoisotopic (exact) mass is 446 g/mol. The summed E-state index contributed by atoms with van der Waals surface area (Å²) in [5, 5.41) is 10.9. The highest BCUT2D eigenvalue weighted by Crippen LogP contribution is 2.32. The van der Waals surface area contributed by atoms with Crippen molar-refractivity contribution < 1.29 is 23.1 Å². The molecule has 1 fully saturated rings. The number of nitrogens with two attached hydrogens (primary N) is 1. The molecule has 3 N–H and O–H groups in total. The Hall–Kier alpha value is -3.67. The standard InChI is InChI=1S/C19H16F2N6O3S/c1-9(28)23-7-12-8-27(19(29)30-12)11-4-13(20)16(14(21)5-11)10-2-3-15(24-6-10)17-25-26-18(22)31-17/h2-6,12H,7-8H2,1H3,(H2,22,26)(H,23,28). The summed E-state index contributed by atoms with van der Waals surface area (Å²) < 4.78 is 34.8. The number of pyridine rings is 1. The van der Waals surface area contributed by atoms with Gasteiger partial charge in [0.1, 0.15) is 23.4 Å². The molecule has 31 heavy (non-hydrogen) atoms. The van der Waals surface area contributed by atoms with Crippen LogP contribution in [-0.2, 0) is 9.53 Å². The molecule has 3 heterocycles. The zero-order chi connectivity index (χ0) is 22.1. The Labute approximate surface area is 178 Å². The summed E-state index contributed by atoms with van der Waals surface area (Å²) in [4.78, 5) is 28.4. The number of amides is 2. The Kier molecular flexibility index (Phi) is 5.46. The highest BCUT2D eigenvalue weighted by atomic mass is 32.1. The topological polar surface area (TPSA) is 123 Å². The minimum Gasteiger partial charge on any atom is -0.442 e. The molecule has 0 saturated carbocycles. The van der Waals surface area contributed by atoms with Crippen molar-refractivity contribution in [3.63, 3.8) is 0 Å². The lowest BCUT2D eigenvalue weighted by molar-refractivity contribution is -0.119. The number of aromatic nitrogens is 3. The molecule has 0 bridgehead atoms. The van der Waals surface area contributed by atoms with Crippen molar-refractivity contribution in [2.75, 3.05) is 23.7 Å². The first-order valence-corrected chi connectivity index (χ1v) is 9.91. The van der Waals surface area contributed by atoms with Crippen LogP contribution in [0, 0.1) is 11.6 Å². The molecule has 0 aliphatic carbocycles. The lowest BCUT2D eigenvalue weighted by atomic mass is 10.0. The van der Waals surface area contributed by atoms with Crippen molar-refractivity contribution in [3.8, 4) is 21.8 Å². The van der Waals surface area contributed by atoms with Gasteiger partial charge in [0.25, 0.3) is 0 Å². The van der Waals surface area contributed by atoms with Crippen molar-refractivity contribution in [2.45, 2.75) is 13.0 Å². The molecule has 2 amide bonds. The van der Waals surface area contributed by atoms with E-state index in [0.717, 1.165) is 28.4 Å². The first-order chi connectivity index (χ1) is 14.8. The van der Waals surface area contributed by atoms with Gasteiger partial charge in [-0.3, -0.25) is 14.7 Å². The highest BCUT2D eigenvalue weighted by Gasteiger charge is 2.33. The molecule has 1 aliphatic heterocycles. The van der Waals surface area contributed by atoms with Gasteiger partial charge in [0, 0.05) is 18.7 Å². The summed E-state index contributed by atoms with van der Waals surface area (Å²) in [5.41, 5.74) is 5.98. The molecular weight excluding hydrogens is 430 g/mol. The number of cyclic esters (lactones) is 1. The van der Waals surface area contributed by atoms with E-state index < -0.39 is 23.8 Å². The normalized spacial score (nSPS) is 15.8. The van der Waals surface area contributed by atoms with Gasteiger partial charge in [0.2, 0.25) is 11.0 Å². The zero-order valence-electron chi connectivity index (χ0n) is 16.1. The Morgan fingerprint density at radius 3 is 2.65 bits per heavy atom. The average Bonchev–Trinajstić information content (AvgIpc) is 3.32. The number of anilines is 2. The van der Waals surface area contributed by atoms with Crippen molar-refractivity contribution in [3.05, 3.63) is 42.1 Å². The quantitative estimate of drug-likeness (QED) is 0.617. The van der Waals surface area contributed by atoms with Crippen LogP contribution in [0.4, 0.5) is 24.4 Å². The number of carbonyl (C=O) groups is 2. The number of hydrogen-bond donors (Lipinski definition) is 2. The Morgan fingerprint density at radius 2 is 2.06 bits per heavy atom. The smallest absolute Gasteiger partial charge is 0.414 e. The maximum atomic E-state index is 14.8. The number of ether oxygens (including phenoxy) is 1. The van der Waals surface area contributed by atoms with Crippen molar-refractivity contribution in [1.29, 1.82) is 0 Å².